The van der Waals surface area contributed by atoms with Crippen molar-refractivity contribution in [3.63, 3.8) is 0 Å². The average Bonchev–Trinajstić information content (AvgIpc) is 2.85. The van der Waals surface area contributed by atoms with Crippen LogP contribution >= 0.6 is 0 Å². The van der Waals surface area contributed by atoms with E-state index in [1.165, 1.54) is 11.6 Å². The van der Waals surface area contributed by atoms with Crippen LogP contribution in [0, 0.1) is 0 Å². The minimum Gasteiger partial charge on any atom is -0.379 e. The maximum absolute atomic E-state index is 12.9. The lowest BCUT2D eigenvalue weighted by molar-refractivity contribution is -0.137. The first-order valence-electron chi connectivity index (χ1n) is 12.0. The molecule has 0 saturated carbocycles. The summed E-state index contributed by atoms with van der Waals surface area (Å²) in [7, 11) is 0. The standard InChI is InChI=1S/C25H32F3N5O2/c1-19(24(20-5-3-2-4-6-20)33-13-15-35-16-14-33)30-23(34)18-31-9-11-32(12-10-31)22-8-7-21(17-29-22)25(26,27)28/h2-8,17,19,24H,9-16,18H2,1H3,(H,30,34)/t19-,24+/m0/s1. The lowest BCUT2D eigenvalue weighted by Gasteiger charge is -2.39. The minimum absolute atomic E-state index is 0.0344. The number of anilines is 1. The van der Waals surface area contributed by atoms with Crippen LogP contribution in [0.3, 0.4) is 0 Å². The first-order chi connectivity index (χ1) is 16.8. The Hall–Kier alpha value is -2.69. The summed E-state index contributed by atoms with van der Waals surface area (Å²) < 4.78 is 43.8. The second-order valence-electron chi connectivity index (χ2n) is 9.03. The van der Waals surface area contributed by atoms with Crippen LogP contribution < -0.4 is 10.2 Å². The number of benzene rings is 1. The van der Waals surface area contributed by atoms with Crippen LogP contribution in [0.1, 0.15) is 24.1 Å². The third-order valence-corrected chi connectivity index (χ3v) is 6.58. The summed E-state index contributed by atoms with van der Waals surface area (Å²) in [4.78, 5) is 23.2. The molecule has 2 aliphatic rings. The molecule has 190 valence electrons. The quantitative estimate of drug-likeness (QED) is 0.643. The molecule has 2 saturated heterocycles. The molecule has 0 aliphatic carbocycles. The highest BCUT2D eigenvalue weighted by atomic mass is 19.4. The van der Waals surface area contributed by atoms with Crippen LogP contribution in [0.15, 0.2) is 48.7 Å². The number of nitrogens with zero attached hydrogens (tertiary/aromatic N) is 4. The van der Waals surface area contributed by atoms with Gasteiger partial charge in [0.15, 0.2) is 0 Å². The molecular weight excluding hydrogens is 459 g/mol. The van der Waals surface area contributed by atoms with Crippen LogP contribution in [-0.2, 0) is 15.7 Å². The molecule has 7 nitrogen and oxygen atoms in total. The number of hydrogen-bond donors (Lipinski definition) is 1. The lowest BCUT2D eigenvalue weighted by Crippen LogP contribution is -2.52. The SMILES string of the molecule is C[C@H](NC(=O)CN1CCN(c2ccc(C(F)(F)F)cn2)CC1)[C@H](c1ccccc1)N1CCOCC1. The van der Waals surface area contributed by atoms with E-state index >= 15 is 0 Å². The zero-order valence-corrected chi connectivity index (χ0v) is 19.9. The molecule has 0 bridgehead atoms. The van der Waals surface area contributed by atoms with Crippen molar-refractivity contribution in [1.29, 1.82) is 0 Å². The fourth-order valence-corrected chi connectivity index (χ4v) is 4.78. The Kier molecular flexibility index (Phi) is 8.25. The Morgan fingerprint density at radius 3 is 2.31 bits per heavy atom. The molecule has 1 aromatic heterocycles. The maximum Gasteiger partial charge on any atom is 0.417 e. The van der Waals surface area contributed by atoms with Crippen molar-refractivity contribution in [3.05, 3.63) is 59.8 Å². The highest BCUT2D eigenvalue weighted by molar-refractivity contribution is 5.78. The summed E-state index contributed by atoms with van der Waals surface area (Å²) in [5.74, 6) is 0.486. The number of morpholine rings is 1. The molecular formula is C25H32F3N5O2. The molecule has 0 unspecified atom stereocenters. The monoisotopic (exact) mass is 491 g/mol. The molecule has 2 aliphatic heterocycles. The summed E-state index contributed by atoms with van der Waals surface area (Å²) >= 11 is 0. The molecule has 1 N–H and O–H groups in total. The number of carbonyl (C=O) groups excluding carboxylic acids is 1. The van der Waals surface area contributed by atoms with E-state index in [1.54, 1.807) is 0 Å². The van der Waals surface area contributed by atoms with Gasteiger partial charge in [0.25, 0.3) is 0 Å². The second-order valence-corrected chi connectivity index (χ2v) is 9.03. The van der Waals surface area contributed by atoms with E-state index in [-0.39, 0.29) is 24.5 Å². The van der Waals surface area contributed by atoms with Crippen molar-refractivity contribution in [2.24, 2.45) is 0 Å². The number of amides is 1. The van der Waals surface area contributed by atoms with Crippen molar-refractivity contribution in [2.75, 3.05) is 63.9 Å². The molecule has 2 fully saturated rings. The predicted molar refractivity (Wildman–Crippen MR) is 127 cm³/mol. The number of halogens is 3. The Balaban J connectivity index is 1.29. The van der Waals surface area contributed by atoms with E-state index in [9.17, 15) is 18.0 Å². The number of alkyl halides is 3. The number of pyridine rings is 1. The molecule has 0 spiro atoms. The van der Waals surface area contributed by atoms with Gasteiger partial charge in [-0.3, -0.25) is 14.6 Å². The van der Waals surface area contributed by atoms with E-state index in [4.69, 9.17) is 4.74 Å². The van der Waals surface area contributed by atoms with Gasteiger partial charge in [0.2, 0.25) is 5.91 Å². The normalized spacial score (nSPS) is 19.8. The number of piperazine rings is 1. The van der Waals surface area contributed by atoms with Gasteiger partial charge in [-0.2, -0.15) is 13.2 Å². The number of rotatable bonds is 7. The Bertz CT molecular complexity index is 944. The number of aromatic nitrogens is 1. The van der Waals surface area contributed by atoms with Crippen LogP contribution in [0.25, 0.3) is 0 Å². The van der Waals surface area contributed by atoms with Crippen molar-refractivity contribution < 1.29 is 22.7 Å². The number of nitrogens with one attached hydrogen (secondary N) is 1. The van der Waals surface area contributed by atoms with E-state index < -0.39 is 11.7 Å². The molecule has 4 rings (SSSR count). The molecule has 3 heterocycles. The van der Waals surface area contributed by atoms with Gasteiger partial charge >= 0.3 is 6.18 Å². The topological polar surface area (TPSA) is 60.9 Å². The first kappa shape index (κ1) is 25.4. The lowest BCUT2D eigenvalue weighted by atomic mass is 9.98. The molecule has 10 heteroatoms. The molecule has 2 atom stereocenters. The zero-order chi connectivity index (χ0) is 24.8. The van der Waals surface area contributed by atoms with Crippen LogP contribution in [0.5, 0.6) is 0 Å². The van der Waals surface area contributed by atoms with Gasteiger partial charge < -0.3 is 15.0 Å². The highest BCUT2D eigenvalue weighted by Crippen LogP contribution is 2.29. The Morgan fingerprint density at radius 2 is 1.71 bits per heavy atom. The maximum atomic E-state index is 12.9. The number of carbonyl (C=O) groups is 1. The zero-order valence-electron chi connectivity index (χ0n) is 19.9. The molecule has 2 aromatic rings. The summed E-state index contributed by atoms with van der Waals surface area (Å²) in [6, 6.07) is 12.7. The average molecular weight is 492 g/mol. The smallest absolute Gasteiger partial charge is 0.379 e. The minimum atomic E-state index is -4.39. The third kappa shape index (κ3) is 6.71. The largest absolute Gasteiger partial charge is 0.417 e. The summed E-state index contributed by atoms with van der Waals surface area (Å²) in [6.45, 7) is 7.79. The van der Waals surface area contributed by atoms with Crippen molar-refractivity contribution >= 4 is 11.7 Å². The number of hydrogen-bond acceptors (Lipinski definition) is 6. The molecule has 35 heavy (non-hydrogen) atoms. The van der Waals surface area contributed by atoms with Gasteiger partial charge in [0.05, 0.1) is 31.4 Å². The fraction of sp³-hybridized carbons (Fsp3) is 0.520. The van der Waals surface area contributed by atoms with E-state index in [0.29, 0.717) is 45.2 Å². The highest BCUT2D eigenvalue weighted by Gasteiger charge is 2.32. The van der Waals surface area contributed by atoms with Crippen LogP contribution in [0.4, 0.5) is 19.0 Å². The van der Waals surface area contributed by atoms with Gasteiger partial charge in [-0.25, -0.2) is 4.98 Å². The van der Waals surface area contributed by atoms with Crippen LogP contribution in [-0.4, -0.2) is 85.8 Å². The fourth-order valence-electron chi connectivity index (χ4n) is 4.78. The first-order valence-corrected chi connectivity index (χ1v) is 12.0. The van der Waals surface area contributed by atoms with Gasteiger partial charge in [-0.1, -0.05) is 30.3 Å². The molecule has 0 radical (unpaired) electrons. The Labute approximate surface area is 203 Å². The Morgan fingerprint density at radius 1 is 1.03 bits per heavy atom. The van der Waals surface area contributed by atoms with Gasteiger partial charge in [0.1, 0.15) is 5.82 Å². The van der Waals surface area contributed by atoms with Crippen molar-refractivity contribution in [1.82, 2.24) is 20.1 Å². The van der Waals surface area contributed by atoms with Gasteiger partial charge in [0, 0.05) is 51.5 Å². The molecule has 1 aromatic carbocycles. The third-order valence-electron chi connectivity index (χ3n) is 6.58. The summed E-state index contributed by atoms with van der Waals surface area (Å²) in [5.41, 5.74) is 0.413. The predicted octanol–water partition coefficient (Wildman–Crippen LogP) is 2.80. The van der Waals surface area contributed by atoms with E-state index in [1.807, 2.05) is 30.0 Å². The van der Waals surface area contributed by atoms with Gasteiger partial charge in [-0.05, 0) is 24.6 Å². The van der Waals surface area contributed by atoms with Crippen molar-refractivity contribution in [2.45, 2.75) is 25.2 Å². The summed E-state index contributed by atoms with van der Waals surface area (Å²) in [5, 5.41) is 3.19. The van der Waals surface area contributed by atoms with Gasteiger partial charge in [-0.15, -0.1) is 0 Å². The van der Waals surface area contributed by atoms with Crippen molar-refractivity contribution in [3.8, 4) is 0 Å². The number of ether oxygens (including phenoxy) is 1. The van der Waals surface area contributed by atoms with E-state index in [2.05, 4.69) is 32.2 Å². The molecule has 1 amide bonds. The summed E-state index contributed by atoms with van der Waals surface area (Å²) in [6.07, 6.45) is -3.52. The second kappa shape index (κ2) is 11.4. The van der Waals surface area contributed by atoms with E-state index in [0.717, 1.165) is 25.4 Å². The van der Waals surface area contributed by atoms with Crippen LogP contribution in [0.2, 0.25) is 0 Å².